The molecule has 4 rings (SSSR count). The van der Waals surface area contributed by atoms with Gasteiger partial charge in [-0.25, -0.2) is 15.0 Å². The topological polar surface area (TPSA) is 60.0 Å². The molecule has 6 nitrogen and oxygen atoms in total. The van der Waals surface area contributed by atoms with E-state index in [-0.39, 0.29) is 0 Å². The minimum atomic E-state index is 0.627. The Labute approximate surface area is 158 Å². The molecule has 0 bridgehead atoms. The molecule has 0 radical (unpaired) electrons. The second-order valence-corrected chi connectivity index (χ2v) is 6.62. The van der Waals surface area contributed by atoms with E-state index in [1.54, 1.807) is 18.7 Å². The van der Waals surface area contributed by atoms with Crippen LogP contribution in [-0.4, -0.2) is 26.6 Å². The summed E-state index contributed by atoms with van der Waals surface area (Å²) < 4.78 is 7.26. The van der Waals surface area contributed by atoms with Crippen LogP contribution in [0.15, 0.2) is 65.9 Å². The molecule has 0 unspecified atom stereocenters. The summed E-state index contributed by atoms with van der Waals surface area (Å²) in [7, 11) is 3.96. The number of hydrogen-bond acceptors (Lipinski definition) is 5. The SMILES string of the molecule is Cc1ccc(-c2nc(N(C)Cc3nccn3C)ncc2-c2ccoc2)cc1. The van der Waals surface area contributed by atoms with Gasteiger partial charge in [-0.2, -0.15) is 0 Å². The minimum absolute atomic E-state index is 0.627. The van der Waals surface area contributed by atoms with Crippen LogP contribution in [0.2, 0.25) is 0 Å². The number of nitrogens with zero attached hydrogens (tertiary/aromatic N) is 5. The van der Waals surface area contributed by atoms with E-state index < -0.39 is 0 Å². The molecular formula is C21H21N5O. The average molecular weight is 359 g/mol. The molecule has 3 aromatic heterocycles. The standard InChI is InChI=1S/C21H21N5O/c1-15-4-6-16(7-5-15)20-18(17-8-11-27-14-17)12-23-21(24-20)26(3)13-19-22-9-10-25(19)2/h4-12,14H,13H2,1-3H3. The Hall–Kier alpha value is -3.41. The van der Waals surface area contributed by atoms with E-state index in [4.69, 9.17) is 9.40 Å². The number of rotatable bonds is 5. The molecule has 0 saturated heterocycles. The van der Waals surface area contributed by atoms with Crippen LogP contribution in [-0.2, 0) is 13.6 Å². The fraction of sp³-hybridized carbons (Fsp3) is 0.190. The lowest BCUT2D eigenvalue weighted by Gasteiger charge is -2.18. The second-order valence-electron chi connectivity index (χ2n) is 6.62. The lowest BCUT2D eigenvalue weighted by atomic mass is 10.0. The fourth-order valence-electron chi connectivity index (χ4n) is 2.95. The number of anilines is 1. The average Bonchev–Trinajstić information content (AvgIpc) is 3.34. The monoisotopic (exact) mass is 359 g/mol. The van der Waals surface area contributed by atoms with E-state index in [2.05, 4.69) is 41.2 Å². The number of benzene rings is 1. The van der Waals surface area contributed by atoms with Gasteiger partial charge in [0.2, 0.25) is 5.95 Å². The van der Waals surface area contributed by atoms with Crippen molar-refractivity contribution in [3.05, 3.63) is 72.8 Å². The number of hydrogen-bond donors (Lipinski definition) is 0. The molecule has 0 amide bonds. The minimum Gasteiger partial charge on any atom is -0.472 e. The van der Waals surface area contributed by atoms with Gasteiger partial charge in [-0.3, -0.25) is 0 Å². The lowest BCUT2D eigenvalue weighted by Crippen LogP contribution is -2.21. The van der Waals surface area contributed by atoms with Crippen LogP contribution in [0, 0.1) is 6.92 Å². The van der Waals surface area contributed by atoms with Crippen molar-refractivity contribution in [2.45, 2.75) is 13.5 Å². The first-order chi connectivity index (χ1) is 13.1. The number of furan rings is 1. The first kappa shape index (κ1) is 17.0. The molecule has 3 heterocycles. The highest BCUT2D eigenvalue weighted by Gasteiger charge is 2.15. The molecule has 0 aliphatic rings. The first-order valence-corrected chi connectivity index (χ1v) is 8.76. The fourth-order valence-corrected chi connectivity index (χ4v) is 2.95. The summed E-state index contributed by atoms with van der Waals surface area (Å²) in [5.74, 6) is 1.61. The summed E-state index contributed by atoms with van der Waals surface area (Å²) in [5.41, 5.74) is 5.05. The quantitative estimate of drug-likeness (QED) is 0.537. The maximum Gasteiger partial charge on any atom is 0.226 e. The van der Waals surface area contributed by atoms with Gasteiger partial charge in [0.15, 0.2) is 0 Å². The summed E-state index contributed by atoms with van der Waals surface area (Å²) in [4.78, 5) is 15.8. The van der Waals surface area contributed by atoms with Crippen molar-refractivity contribution >= 4 is 5.95 Å². The summed E-state index contributed by atoms with van der Waals surface area (Å²) in [5, 5.41) is 0. The van der Waals surface area contributed by atoms with Crippen molar-refractivity contribution in [2.75, 3.05) is 11.9 Å². The zero-order chi connectivity index (χ0) is 18.8. The molecule has 0 saturated carbocycles. The van der Waals surface area contributed by atoms with Gasteiger partial charge < -0.3 is 13.9 Å². The predicted molar refractivity (Wildman–Crippen MR) is 105 cm³/mol. The number of imidazole rings is 1. The third-order valence-electron chi connectivity index (χ3n) is 4.57. The van der Waals surface area contributed by atoms with Gasteiger partial charge in [0.1, 0.15) is 5.82 Å². The highest BCUT2D eigenvalue weighted by atomic mass is 16.3. The van der Waals surface area contributed by atoms with Gasteiger partial charge in [-0.15, -0.1) is 0 Å². The summed E-state index contributed by atoms with van der Waals surface area (Å²) in [6.07, 6.45) is 8.97. The molecular weight excluding hydrogens is 338 g/mol. The van der Waals surface area contributed by atoms with Gasteiger partial charge in [-0.05, 0) is 13.0 Å². The van der Waals surface area contributed by atoms with Crippen molar-refractivity contribution < 1.29 is 4.42 Å². The number of aryl methyl sites for hydroxylation is 2. The van der Waals surface area contributed by atoms with Crippen molar-refractivity contribution in [2.24, 2.45) is 7.05 Å². The van der Waals surface area contributed by atoms with Crippen LogP contribution < -0.4 is 4.90 Å². The molecule has 4 aromatic rings. The maximum atomic E-state index is 5.26. The van der Waals surface area contributed by atoms with Gasteiger partial charge >= 0.3 is 0 Å². The van der Waals surface area contributed by atoms with E-state index in [9.17, 15) is 0 Å². The highest BCUT2D eigenvalue weighted by Crippen LogP contribution is 2.31. The molecule has 27 heavy (non-hydrogen) atoms. The van der Waals surface area contributed by atoms with Crippen molar-refractivity contribution in [3.8, 4) is 22.4 Å². The second kappa shape index (κ2) is 7.07. The molecule has 0 atom stereocenters. The van der Waals surface area contributed by atoms with Gasteiger partial charge in [-0.1, -0.05) is 29.8 Å². The largest absolute Gasteiger partial charge is 0.472 e. The van der Waals surface area contributed by atoms with Crippen LogP contribution in [0.4, 0.5) is 5.95 Å². The molecule has 1 aromatic carbocycles. The molecule has 136 valence electrons. The Balaban J connectivity index is 1.75. The number of aromatic nitrogens is 4. The zero-order valence-corrected chi connectivity index (χ0v) is 15.6. The molecule has 6 heteroatoms. The maximum absolute atomic E-state index is 5.26. The van der Waals surface area contributed by atoms with E-state index in [1.807, 2.05) is 42.0 Å². The third-order valence-corrected chi connectivity index (χ3v) is 4.57. The molecule has 0 spiro atoms. The molecule has 0 N–H and O–H groups in total. The van der Waals surface area contributed by atoms with Crippen LogP contribution in [0.5, 0.6) is 0 Å². The van der Waals surface area contributed by atoms with Crippen molar-refractivity contribution in [1.29, 1.82) is 0 Å². The summed E-state index contributed by atoms with van der Waals surface area (Å²) >= 11 is 0. The van der Waals surface area contributed by atoms with Crippen LogP contribution in [0.3, 0.4) is 0 Å². The molecule has 0 aliphatic carbocycles. The van der Waals surface area contributed by atoms with Gasteiger partial charge in [0.05, 0.1) is 24.8 Å². The van der Waals surface area contributed by atoms with E-state index >= 15 is 0 Å². The summed E-state index contributed by atoms with van der Waals surface area (Å²) in [6.45, 7) is 2.70. The normalized spacial score (nSPS) is 10.9. The highest BCUT2D eigenvalue weighted by molar-refractivity contribution is 5.80. The Morgan fingerprint density at radius 3 is 2.56 bits per heavy atom. The van der Waals surface area contributed by atoms with Gasteiger partial charge in [0.25, 0.3) is 0 Å². The van der Waals surface area contributed by atoms with Crippen LogP contribution >= 0.6 is 0 Å². The Morgan fingerprint density at radius 2 is 1.89 bits per heavy atom. The van der Waals surface area contributed by atoms with Crippen LogP contribution in [0.1, 0.15) is 11.4 Å². The third kappa shape index (κ3) is 3.46. The first-order valence-electron chi connectivity index (χ1n) is 8.76. The molecule has 0 aliphatic heterocycles. The van der Waals surface area contributed by atoms with E-state index in [1.165, 1.54) is 5.56 Å². The van der Waals surface area contributed by atoms with Crippen molar-refractivity contribution in [3.63, 3.8) is 0 Å². The van der Waals surface area contributed by atoms with E-state index in [0.29, 0.717) is 12.5 Å². The zero-order valence-electron chi connectivity index (χ0n) is 15.6. The Kier molecular flexibility index (Phi) is 4.46. The molecule has 0 fully saturated rings. The Bertz CT molecular complexity index is 1030. The van der Waals surface area contributed by atoms with E-state index in [0.717, 1.165) is 28.2 Å². The van der Waals surface area contributed by atoms with Gasteiger partial charge in [0, 0.05) is 49.4 Å². The van der Waals surface area contributed by atoms with Crippen molar-refractivity contribution in [1.82, 2.24) is 19.5 Å². The lowest BCUT2D eigenvalue weighted by molar-refractivity contribution is 0.568. The Morgan fingerprint density at radius 1 is 1.07 bits per heavy atom. The smallest absolute Gasteiger partial charge is 0.226 e. The summed E-state index contributed by atoms with van der Waals surface area (Å²) in [6, 6.07) is 10.3. The van der Waals surface area contributed by atoms with Crippen LogP contribution in [0.25, 0.3) is 22.4 Å². The predicted octanol–water partition coefficient (Wildman–Crippen LogP) is 4.08.